The Bertz CT molecular complexity index is 355. The summed E-state index contributed by atoms with van der Waals surface area (Å²) in [5, 5.41) is 7.68. The minimum atomic E-state index is -0.785. The van der Waals surface area contributed by atoms with E-state index in [0.29, 0.717) is 25.1 Å². The van der Waals surface area contributed by atoms with Crippen LogP contribution in [0.1, 0.15) is 50.5 Å². The number of aromatic nitrogens is 3. The van der Waals surface area contributed by atoms with Crippen LogP contribution in [-0.4, -0.2) is 26.3 Å². The van der Waals surface area contributed by atoms with Crippen LogP contribution in [0.4, 0.5) is 0 Å². The first-order valence-corrected chi connectivity index (χ1v) is 5.81. The number of ketones is 1. The first-order valence-electron chi connectivity index (χ1n) is 5.81. The summed E-state index contributed by atoms with van der Waals surface area (Å²) in [4.78, 5) is 12.3. The van der Waals surface area contributed by atoms with Crippen LogP contribution < -0.4 is 5.73 Å². The highest BCUT2D eigenvalue weighted by molar-refractivity contribution is 6.01. The molecule has 0 saturated heterocycles. The van der Waals surface area contributed by atoms with Crippen molar-refractivity contribution in [1.29, 1.82) is 0 Å². The van der Waals surface area contributed by atoms with Gasteiger partial charge in [0.15, 0.2) is 0 Å². The summed E-state index contributed by atoms with van der Waals surface area (Å²) in [6.07, 6.45) is 3.67. The maximum atomic E-state index is 12.3. The third-order valence-corrected chi connectivity index (χ3v) is 3.00. The molecule has 1 heterocycles. The number of carbonyl (C=O) groups excluding carboxylic acids is 1. The number of nitrogens with zero attached hydrogens (tertiary/aromatic N) is 3. The van der Waals surface area contributed by atoms with E-state index in [1.54, 1.807) is 4.68 Å². The predicted octanol–water partition coefficient (Wildman–Crippen LogP) is 1.39. The number of nitrogens with two attached hydrogens (primary N) is 1. The highest BCUT2D eigenvalue weighted by Gasteiger charge is 2.33. The molecule has 5 nitrogen and oxygen atoms in total. The summed E-state index contributed by atoms with van der Waals surface area (Å²) in [7, 11) is 0. The van der Waals surface area contributed by atoms with E-state index in [4.69, 9.17) is 5.73 Å². The fourth-order valence-corrected chi connectivity index (χ4v) is 1.64. The summed E-state index contributed by atoms with van der Waals surface area (Å²) in [5.41, 5.74) is 5.81. The predicted molar refractivity (Wildman–Crippen MR) is 62.1 cm³/mol. The van der Waals surface area contributed by atoms with Crippen LogP contribution in [0.5, 0.6) is 0 Å². The van der Waals surface area contributed by atoms with E-state index in [0.717, 1.165) is 6.42 Å². The van der Waals surface area contributed by atoms with E-state index < -0.39 is 5.54 Å². The molecular weight excluding hydrogens is 204 g/mol. The summed E-state index contributed by atoms with van der Waals surface area (Å²) in [5.74, 6) is -0.0593. The molecule has 0 aliphatic carbocycles. The monoisotopic (exact) mass is 224 g/mol. The molecule has 0 bridgehead atoms. The SMILES string of the molecule is CCCn1nncc1C(=O)C(N)(CC)CC. The molecule has 90 valence electrons. The molecule has 0 amide bonds. The molecule has 0 radical (unpaired) electrons. The van der Waals surface area contributed by atoms with Crippen molar-refractivity contribution in [3.8, 4) is 0 Å². The van der Waals surface area contributed by atoms with Crippen molar-refractivity contribution in [1.82, 2.24) is 15.0 Å². The van der Waals surface area contributed by atoms with Gasteiger partial charge in [0.1, 0.15) is 5.69 Å². The molecule has 0 aliphatic heterocycles. The summed E-state index contributed by atoms with van der Waals surface area (Å²) in [6.45, 7) is 6.58. The Morgan fingerprint density at radius 1 is 1.44 bits per heavy atom. The maximum Gasteiger partial charge on any atom is 0.202 e. The number of hydrogen-bond donors (Lipinski definition) is 1. The number of aryl methyl sites for hydroxylation is 1. The van der Waals surface area contributed by atoms with Gasteiger partial charge >= 0.3 is 0 Å². The first kappa shape index (κ1) is 12.8. The zero-order chi connectivity index (χ0) is 12.2. The molecule has 16 heavy (non-hydrogen) atoms. The fraction of sp³-hybridized carbons (Fsp3) is 0.727. The minimum Gasteiger partial charge on any atom is -0.319 e. The van der Waals surface area contributed by atoms with Gasteiger partial charge in [-0.25, -0.2) is 4.68 Å². The summed E-state index contributed by atoms with van der Waals surface area (Å²) >= 11 is 0. The van der Waals surface area contributed by atoms with Crippen molar-refractivity contribution in [3.63, 3.8) is 0 Å². The lowest BCUT2D eigenvalue weighted by Crippen LogP contribution is -2.47. The first-order chi connectivity index (χ1) is 7.59. The molecule has 0 aromatic carbocycles. The second-order valence-electron chi connectivity index (χ2n) is 4.03. The van der Waals surface area contributed by atoms with Gasteiger partial charge in [0, 0.05) is 6.54 Å². The van der Waals surface area contributed by atoms with Crippen LogP contribution in [0.25, 0.3) is 0 Å². The third kappa shape index (κ3) is 2.29. The van der Waals surface area contributed by atoms with Crippen molar-refractivity contribution in [2.45, 2.75) is 52.1 Å². The Morgan fingerprint density at radius 2 is 2.06 bits per heavy atom. The molecule has 0 fully saturated rings. The van der Waals surface area contributed by atoms with Crippen LogP contribution in [0.2, 0.25) is 0 Å². The van der Waals surface area contributed by atoms with Gasteiger partial charge in [0.05, 0.1) is 11.7 Å². The van der Waals surface area contributed by atoms with Crippen molar-refractivity contribution < 1.29 is 4.79 Å². The second kappa shape index (κ2) is 5.21. The molecule has 5 heteroatoms. The van der Waals surface area contributed by atoms with Gasteiger partial charge in [0.2, 0.25) is 5.78 Å². The van der Waals surface area contributed by atoms with E-state index in [1.807, 2.05) is 20.8 Å². The van der Waals surface area contributed by atoms with Crippen LogP contribution in [0.15, 0.2) is 6.20 Å². The Labute approximate surface area is 96.0 Å². The molecule has 0 unspecified atom stereocenters. The largest absolute Gasteiger partial charge is 0.319 e. The van der Waals surface area contributed by atoms with Crippen molar-refractivity contribution in [3.05, 3.63) is 11.9 Å². The second-order valence-corrected chi connectivity index (χ2v) is 4.03. The highest BCUT2D eigenvalue weighted by Crippen LogP contribution is 2.17. The van der Waals surface area contributed by atoms with Gasteiger partial charge in [0.25, 0.3) is 0 Å². The Morgan fingerprint density at radius 3 is 2.56 bits per heavy atom. The highest BCUT2D eigenvalue weighted by atomic mass is 16.1. The lowest BCUT2D eigenvalue weighted by molar-refractivity contribution is 0.0868. The molecular formula is C11H20N4O. The number of carbonyl (C=O) groups is 1. The zero-order valence-corrected chi connectivity index (χ0v) is 10.2. The van der Waals surface area contributed by atoms with Gasteiger partial charge in [-0.2, -0.15) is 0 Å². The number of Topliss-reactive ketones (excluding diaryl/α,β-unsaturated/α-hetero) is 1. The van der Waals surface area contributed by atoms with Gasteiger partial charge in [-0.15, -0.1) is 5.10 Å². The molecule has 2 N–H and O–H groups in total. The lowest BCUT2D eigenvalue weighted by Gasteiger charge is -2.24. The summed E-state index contributed by atoms with van der Waals surface area (Å²) in [6, 6.07) is 0. The zero-order valence-electron chi connectivity index (χ0n) is 10.2. The Kier molecular flexibility index (Phi) is 4.18. The molecule has 0 spiro atoms. The molecule has 0 atom stereocenters. The average molecular weight is 224 g/mol. The van der Waals surface area contributed by atoms with Crippen LogP contribution in [0, 0.1) is 0 Å². The van der Waals surface area contributed by atoms with E-state index in [-0.39, 0.29) is 5.78 Å². The van der Waals surface area contributed by atoms with E-state index in [1.165, 1.54) is 6.20 Å². The van der Waals surface area contributed by atoms with Gasteiger partial charge in [-0.1, -0.05) is 26.0 Å². The van der Waals surface area contributed by atoms with E-state index in [2.05, 4.69) is 10.3 Å². The van der Waals surface area contributed by atoms with Crippen LogP contribution in [-0.2, 0) is 6.54 Å². The number of hydrogen-bond acceptors (Lipinski definition) is 4. The third-order valence-electron chi connectivity index (χ3n) is 3.00. The molecule has 0 saturated carbocycles. The normalized spacial score (nSPS) is 11.8. The van der Waals surface area contributed by atoms with Crippen LogP contribution in [0.3, 0.4) is 0 Å². The van der Waals surface area contributed by atoms with Gasteiger partial charge in [-0.05, 0) is 19.3 Å². The quantitative estimate of drug-likeness (QED) is 0.741. The smallest absolute Gasteiger partial charge is 0.202 e. The number of rotatable bonds is 6. The fourth-order valence-electron chi connectivity index (χ4n) is 1.64. The van der Waals surface area contributed by atoms with Crippen molar-refractivity contribution >= 4 is 5.78 Å². The topological polar surface area (TPSA) is 73.8 Å². The van der Waals surface area contributed by atoms with E-state index in [9.17, 15) is 4.79 Å². The molecule has 1 rings (SSSR count). The van der Waals surface area contributed by atoms with Crippen LogP contribution >= 0.6 is 0 Å². The summed E-state index contributed by atoms with van der Waals surface area (Å²) < 4.78 is 1.63. The Hall–Kier alpha value is -1.23. The molecule has 1 aromatic heterocycles. The minimum absolute atomic E-state index is 0.0593. The molecule has 0 aliphatic rings. The van der Waals surface area contributed by atoms with Crippen molar-refractivity contribution in [2.75, 3.05) is 0 Å². The van der Waals surface area contributed by atoms with Gasteiger partial charge in [-0.3, -0.25) is 4.79 Å². The average Bonchev–Trinajstić information content (AvgIpc) is 2.75. The molecule has 1 aromatic rings. The van der Waals surface area contributed by atoms with Crippen molar-refractivity contribution in [2.24, 2.45) is 5.73 Å². The maximum absolute atomic E-state index is 12.3. The Balaban J connectivity index is 2.99. The van der Waals surface area contributed by atoms with Gasteiger partial charge < -0.3 is 5.73 Å². The van der Waals surface area contributed by atoms with E-state index >= 15 is 0 Å². The standard InChI is InChI=1S/C11H20N4O/c1-4-7-15-9(8-13-14-15)10(16)11(12,5-2)6-3/h8H,4-7,12H2,1-3H3. The lowest BCUT2D eigenvalue weighted by atomic mass is 9.87.